The molecule has 0 aliphatic rings. The van der Waals surface area contributed by atoms with Gasteiger partial charge in [0.25, 0.3) is 0 Å². The predicted octanol–water partition coefficient (Wildman–Crippen LogP) is 10.6. The molecule has 0 aliphatic carbocycles. The van der Waals surface area contributed by atoms with Crippen LogP contribution in [0.3, 0.4) is 0 Å². The lowest BCUT2D eigenvalue weighted by Gasteiger charge is -2.23. The zero-order chi connectivity index (χ0) is 44.5. The summed E-state index contributed by atoms with van der Waals surface area (Å²) in [5, 5.41) is 19.3. The standard InChI is InChI=1S/C46H80NO11PS/c1-3-5-7-9-11-13-15-17-18-19-20-21-23-25-27-29-31-36-45(51)56-37-40(38-57-59(53,54)55)58-46(52)41(47)39-60-43(42(48)33-32-35-44(49)50)34-30-28-26-24-22-16-14-12-10-8-6-4-2/h12,14,17-18,22,24,26,28,30,34,40-43,48H,3-11,13,15-16,19-21,23,25,27,29,31-33,35-39,47H2,1-2H3,(H,49,50)(H2,53,54,55)/b14-12-,18-17-,24-22-,28-26+,34-30+/t40-,41+,42+,43-/m1/s1. The maximum Gasteiger partial charge on any atom is 0.469 e. The summed E-state index contributed by atoms with van der Waals surface area (Å²) in [6.45, 7) is 3.23. The normalized spacial score (nSPS) is 14.5. The molecule has 60 heavy (non-hydrogen) atoms. The number of carboxylic acid groups (broad SMARTS) is 1. The molecule has 14 heteroatoms. The molecule has 0 bridgehead atoms. The fourth-order valence-electron chi connectivity index (χ4n) is 5.97. The first-order valence-corrected chi connectivity index (χ1v) is 25.1. The van der Waals surface area contributed by atoms with E-state index in [0.29, 0.717) is 6.42 Å². The third-order valence-corrected chi connectivity index (χ3v) is 11.4. The third kappa shape index (κ3) is 39.6. The van der Waals surface area contributed by atoms with Gasteiger partial charge in [-0.2, -0.15) is 0 Å². The Morgan fingerprint density at radius 3 is 1.85 bits per heavy atom. The number of phosphoric acid groups is 1. The second kappa shape index (κ2) is 40.6. The molecule has 0 unspecified atom stereocenters. The molecule has 0 amide bonds. The summed E-state index contributed by atoms with van der Waals surface area (Å²) in [4.78, 5) is 54.8. The van der Waals surface area contributed by atoms with Crippen molar-refractivity contribution in [3.63, 3.8) is 0 Å². The molecule has 0 fully saturated rings. The molecule has 0 aromatic rings. The average Bonchev–Trinajstić information content (AvgIpc) is 3.20. The van der Waals surface area contributed by atoms with Crippen molar-refractivity contribution in [3.05, 3.63) is 60.8 Å². The van der Waals surface area contributed by atoms with Crippen molar-refractivity contribution in [2.45, 2.75) is 191 Å². The number of carbonyl (C=O) groups excluding carboxylic acids is 2. The van der Waals surface area contributed by atoms with E-state index in [2.05, 4.69) is 42.7 Å². The summed E-state index contributed by atoms with van der Waals surface area (Å²) in [7, 11) is -4.92. The first-order valence-electron chi connectivity index (χ1n) is 22.5. The monoisotopic (exact) mass is 886 g/mol. The largest absolute Gasteiger partial charge is 0.481 e. The van der Waals surface area contributed by atoms with Crippen LogP contribution in [0.1, 0.15) is 168 Å². The molecule has 6 N–H and O–H groups in total. The Hall–Kier alpha value is -2.51. The van der Waals surface area contributed by atoms with Gasteiger partial charge in [0.2, 0.25) is 0 Å². The number of ether oxygens (including phenoxy) is 2. The number of rotatable bonds is 41. The van der Waals surface area contributed by atoms with E-state index in [4.69, 9.17) is 20.3 Å². The first-order chi connectivity index (χ1) is 28.9. The molecule has 0 aromatic heterocycles. The smallest absolute Gasteiger partial charge is 0.469 e. The van der Waals surface area contributed by atoms with E-state index in [1.54, 1.807) is 18.2 Å². The van der Waals surface area contributed by atoms with E-state index in [0.717, 1.165) is 44.9 Å². The van der Waals surface area contributed by atoms with E-state index < -0.39 is 62.4 Å². The highest BCUT2D eigenvalue weighted by Gasteiger charge is 2.27. The van der Waals surface area contributed by atoms with Crippen molar-refractivity contribution >= 4 is 37.5 Å². The number of carbonyl (C=O) groups is 3. The van der Waals surface area contributed by atoms with E-state index >= 15 is 0 Å². The van der Waals surface area contributed by atoms with Crippen molar-refractivity contribution in [1.82, 2.24) is 0 Å². The first kappa shape index (κ1) is 57.5. The average molecular weight is 886 g/mol. The van der Waals surface area contributed by atoms with Gasteiger partial charge in [-0.15, -0.1) is 11.8 Å². The number of carboxylic acids is 1. The van der Waals surface area contributed by atoms with Crippen molar-refractivity contribution in [2.24, 2.45) is 5.73 Å². The van der Waals surface area contributed by atoms with Gasteiger partial charge in [0.05, 0.1) is 12.7 Å². The quantitative estimate of drug-likeness (QED) is 0.0128. The number of hydrogen-bond donors (Lipinski definition) is 5. The predicted molar refractivity (Wildman–Crippen MR) is 245 cm³/mol. The van der Waals surface area contributed by atoms with E-state index in [-0.39, 0.29) is 31.4 Å². The Bertz CT molecular complexity index is 1280. The lowest BCUT2D eigenvalue weighted by molar-refractivity contribution is -0.161. The summed E-state index contributed by atoms with van der Waals surface area (Å²) >= 11 is 1.18. The summed E-state index contributed by atoms with van der Waals surface area (Å²) in [6.07, 6.45) is 41.2. The Morgan fingerprint density at radius 2 is 1.23 bits per heavy atom. The number of aliphatic hydroxyl groups is 1. The van der Waals surface area contributed by atoms with Crippen LogP contribution in [0.15, 0.2) is 60.8 Å². The van der Waals surface area contributed by atoms with Gasteiger partial charge in [-0.3, -0.25) is 18.9 Å². The van der Waals surface area contributed by atoms with Gasteiger partial charge in [-0.1, -0.05) is 152 Å². The number of aliphatic carboxylic acids is 1. The minimum absolute atomic E-state index is 0.000251. The van der Waals surface area contributed by atoms with Crippen LogP contribution in [0.25, 0.3) is 0 Å². The summed E-state index contributed by atoms with van der Waals surface area (Å²) in [5.41, 5.74) is 6.12. The Labute approximate surface area is 366 Å². The minimum atomic E-state index is -4.92. The van der Waals surface area contributed by atoms with Crippen LogP contribution < -0.4 is 5.73 Å². The number of phosphoric ester groups is 1. The number of nitrogens with two attached hydrogens (primary N) is 1. The SMILES string of the molecule is CCCCC/C=C\C\C=C/C=C/C=C/[C@@H](SC[C@H](N)C(=O)O[C@H](COC(=O)CCCCCCCCC/C=C\CCCCCCCC)COP(=O)(O)O)[C@@H](O)CCCC(=O)O. The van der Waals surface area contributed by atoms with Gasteiger partial charge in [-0.25, -0.2) is 4.57 Å². The van der Waals surface area contributed by atoms with Gasteiger partial charge in [0, 0.05) is 23.8 Å². The number of unbranched alkanes of at least 4 members (excludes halogenated alkanes) is 16. The van der Waals surface area contributed by atoms with Crippen LogP contribution in [-0.2, 0) is 32.9 Å². The van der Waals surface area contributed by atoms with Crippen molar-refractivity contribution in [3.8, 4) is 0 Å². The number of esters is 2. The second-order valence-electron chi connectivity index (χ2n) is 15.2. The second-order valence-corrected chi connectivity index (χ2v) is 17.7. The van der Waals surface area contributed by atoms with Crippen LogP contribution in [-0.4, -0.2) is 80.4 Å². The lowest BCUT2D eigenvalue weighted by atomic mass is 10.1. The van der Waals surface area contributed by atoms with Crippen molar-refractivity contribution in [2.75, 3.05) is 19.0 Å². The molecule has 0 heterocycles. The van der Waals surface area contributed by atoms with Gasteiger partial charge >= 0.3 is 25.7 Å². The van der Waals surface area contributed by atoms with Crippen LogP contribution in [0.5, 0.6) is 0 Å². The van der Waals surface area contributed by atoms with Gasteiger partial charge < -0.3 is 35.2 Å². The zero-order valence-electron chi connectivity index (χ0n) is 36.8. The highest BCUT2D eigenvalue weighted by atomic mass is 32.2. The lowest BCUT2D eigenvalue weighted by Crippen LogP contribution is -2.40. The maximum atomic E-state index is 12.9. The van der Waals surface area contributed by atoms with E-state index in [1.807, 2.05) is 18.2 Å². The molecular formula is C46H80NO11PS. The molecule has 4 atom stereocenters. The molecule has 0 rings (SSSR count). The highest BCUT2D eigenvalue weighted by molar-refractivity contribution is 8.00. The van der Waals surface area contributed by atoms with Gasteiger partial charge in [-0.05, 0) is 64.2 Å². The summed E-state index contributed by atoms with van der Waals surface area (Å²) < 4.78 is 26.6. The van der Waals surface area contributed by atoms with E-state index in [1.165, 1.54) is 88.8 Å². The minimum Gasteiger partial charge on any atom is -0.481 e. The zero-order valence-corrected chi connectivity index (χ0v) is 38.5. The summed E-state index contributed by atoms with van der Waals surface area (Å²) in [6, 6.07) is -1.20. The number of thioether (sulfide) groups is 1. The Morgan fingerprint density at radius 1 is 0.683 bits per heavy atom. The molecule has 0 radical (unpaired) electrons. The Balaban J connectivity index is 4.80. The highest BCUT2D eigenvalue weighted by Crippen LogP contribution is 2.36. The summed E-state index contributed by atoms with van der Waals surface area (Å²) in [5.74, 6) is -2.39. The Kier molecular flexibility index (Phi) is 38.9. The molecule has 0 aromatic carbocycles. The molecular weight excluding hydrogens is 806 g/mol. The van der Waals surface area contributed by atoms with Crippen LogP contribution in [0, 0.1) is 0 Å². The molecule has 12 nitrogen and oxygen atoms in total. The topological polar surface area (TPSA) is 203 Å². The van der Waals surface area contributed by atoms with Crippen molar-refractivity contribution in [1.29, 1.82) is 0 Å². The van der Waals surface area contributed by atoms with Gasteiger partial charge in [0.15, 0.2) is 6.10 Å². The molecule has 0 aliphatic heterocycles. The van der Waals surface area contributed by atoms with Crippen LogP contribution >= 0.6 is 19.6 Å². The molecule has 346 valence electrons. The fraction of sp³-hybridized carbons (Fsp3) is 0.717. The van der Waals surface area contributed by atoms with Crippen molar-refractivity contribution < 1.29 is 52.9 Å². The van der Waals surface area contributed by atoms with E-state index in [9.17, 15) is 33.8 Å². The number of allylic oxidation sites excluding steroid dienone is 9. The maximum absolute atomic E-state index is 12.9. The van der Waals surface area contributed by atoms with Gasteiger partial charge in [0.1, 0.15) is 12.6 Å². The fourth-order valence-corrected chi connectivity index (χ4v) is 7.45. The molecule has 0 spiro atoms. The number of hydrogen-bond acceptors (Lipinski definition) is 10. The molecule has 0 saturated heterocycles. The third-order valence-electron chi connectivity index (χ3n) is 9.51. The van der Waals surface area contributed by atoms with Crippen LogP contribution in [0.4, 0.5) is 0 Å². The molecule has 0 saturated carbocycles. The van der Waals surface area contributed by atoms with Crippen LogP contribution in [0.2, 0.25) is 0 Å². The number of aliphatic hydroxyl groups excluding tert-OH is 1.